The molecule has 0 spiro atoms. The Morgan fingerprint density at radius 3 is 2.87 bits per heavy atom. The van der Waals surface area contributed by atoms with Crippen LogP contribution in [0.1, 0.15) is 52.4 Å². The van der Waals surface area contributed by atoms with E-state index >= 15 is 0 Å². The zero-order chi connectivity index (χ0) is 16.5. The minimum Gasteiger partial charge on any atom is -0.378 e. The molecule has 3 heterocycles. The summed E-state index contributed by atoms with van der Waals surface area (Å²) in [5, 5.41) is 8.25. The molecule has 3 aliphatic heterocycles. The summed E-state index contributed by atoms with van der Waals surface area (Å²) in [7, 11) is 0. The minimum atomic E-state index is -0.359. The normalized spacial score (nSPS) is 30.4. The van der Waals surface area contributed by atoms with Crippen molar-refractivity contribution in [1.29, 1.82) is 0 Å². The second-order valence-electron chi connectivity index (χ2n) is 7.99. The number of likely N-dealkylation sites (tertiary alicyclic amines) is 1. The van der Waals surface area contributed by atoms with Crippen molar-refractivity contribution in [3.63, 3.8) is 0 Å². The first-order valence-corrected chi connectivity index (χ1v) is 8.70. The molecule has 0 bridgehead atoms. The van der Waals surface area contributed by atoms with Gasteiger partial charge in [0.05, 0.1) is 6.10 Å². The van der Waals surface area contributed by atoms with Gasteiger partial charge in [-0.25, -0.2) is 0 Å². The number of ether oxygens (including phenoxy) is 1. The Kier molecular flexibility index (Phi) is 4.46. The monoisotopic (exact) mass is 317 g/mol. The predicted molar refractivity (Wildman–Crippen MR) is 87.7 cm³/mol. The third kappa shape index (κ3) is 3.92. The van der Waals surface area contributed by atoms with Gasteiger partial charge >= 0.3 is 0 Å². The van der Waals surface area contributed by atoms with Gasteiger partial charge in [-0.15, -0.1) is 12.3 Å². The Morgan fingerprint density at radius 1 is 1.39 bits per heavy atom. The van der Waals surface area contributed by atoms with Crippen molar-refractivity contribution in [2.45, 2.75) is 64.1 Å². The molecular weight excluding hydrogens is 290 g/mol. The zero-order valence-electron chi connectivity index (χ0n) is 14.3. The number of rotatable bonds is 5. The fourth-order valence-electron chi connectivity index (χ4n) is 3.92. The molecule has 3 aliphatic rings. The van der Waals surface area contributed by atoms with E-state index in [2.05, 4.69) is 34.9 Å². The van der Waals surface area contributed by atoms with Crippen LogP contribution in [0.15, 0.2) is 10.2 Å². The summed E-state index contributed by atoms with van der Waals surface area (Å²) in [4.78, 5) is 14.8. The van der Waals surface area contributed by atoms with Gasteiger partial charge in [0.15, 0.2) is 5.66 Å². The van der Waals surface area contributed by atoms with E-state index in [1.54, 1.807) is 0 Å². The van der Waals surface area contributed by atoms with Gasteiger partial charge in [-0.3, -0.25) is 4.79 Å². The number of fused-ring (bicyclic) bond motifs is 1. The summed E-state index contributed by atoms with van der Waals surface area (Å²) < 4.78 is 5.88. The van der Waals surface area contributed by atoms with E-state index in [0.717, 1.165) is 39.0 Å². The van der Waals surface area contributed by atoms with Crippen molar-refractivity contribution >= 4 is 5.91 Å². The van der Waals surface area contributed by atoms with Crippen LogP contribution in [0.5, 0.6) is 0 Å². The number of carbonyl (C=O) groups excluding carboxylic acids is 1. The van der Waals surface area contributed by atoms with Gasteiger partial charge in [-0.2, -0.15) is 10.2 Å². The molecule has 3 rings (SSSR count). The van der Waals surface area contributed by atoms with E-state index in [0.29, 0.717) is 31.3 Å². The molecule has 5 heteroatoms. The highest BCUT2D eigenvalue weighted by Gasteiger charge is 2.42. The molecule has 2 atom stereocenters. The van der Waals surface area contributed by atoms with Crippen LogP contribution in [-0.4, -0.2) is 42.3 Å². The number of hydrogen-bond acceptors (Lipinski definition) is 4. The van der Waals surface area contributed by atoms with E-state index in [4.69, 9.17) is 11.2 Å². The molecule has 0 aromatic carbocycles. The predicted octanol–water partition coefficient (Wildman–Crippen LogP) is 3.01. The van der Waals surface area contributed by atoms with E-state index in [1.807, 2.05) is 0 Å². The minimum absolute atomic E-state index is 0.106. The first kappa shape index (κ1) is 16.4. The van der Waals surface area contributed by atoms with Crippen LogP contribution in [0.2, 0.25) is 0 Å². The van der Waals surface area contributed by atoms with E-state index in [-0.39, 0.29) is 17.0 Å². The Labute approximate surface area is 138 Å². The molecule has 0 aromatic heterocycles. The lowest BCUT2D eigenvalue weighted by molar-refractivity contribution is -0.133. The lowest BCUT2D eigenvalue weighted by atomic mass is 9.85. The fraction of sp³-hybridized carbons (Fsp3) is 0.833. The molecule has 1 amide bonds. The maximum Gasteiger partial charge on any atom is 0.222 e. The van der Waals surface area contributed by atoms with Crippen molar-refractivity contribution in [2.75, 3.05) is 19.7 Å². The number of hydrogen-bond donors (Lipinski definition) is 0. The maximum absolute atomic E-state index is 12.7. The third-order valence-electron chi connectivity index (χ3n) is 5.32. The highest BCUT2D eigenvalue weighted by Crippen LogP contribution is 2.39. The van der Waals surface area contributed by atoms with Gasteiger partial charge in [-0.05, 0) is 18.3 Å². The molecule has 0 unspecified atom stereocenters. The topological polar surface area (TPSA) is 54.3 Å². The quantitative estimate of drug-likeness (QED) is 0.732. The van der Waals surface area contributed by atoms with E-state index in [1.165, 1.54) is 0 Å². The Hall–Kier alpha value is -1.41. The fourth-order valence-corrected chi connectivity index (χ4v) is 3.92. The number of amides is 1. The molecule has 0 saturated carbocycles. The van der Waals surface area contributed by atoms with Crippen LogP contribution in [-0.2, 0) is 9.53 Å². The summed E-state index contributed by atoms with van der Waals surface area (Å²) in [5.74, 6) is 3.35. The first-order valence-electron chi connectivity index (χ1n) is 8.70. The number of carbonyl (C=O) groups is 1. The number of terminal acetylenes is 1. The average molecular weight is 317 g/mol. The molecule has 126 valence electrons. The van der Waals surface area contributed by atoms with Gasteiger partial charge in [0.1, 0.15) is 0 Å². The van der Waals surface area contributed by atoms with Crippen LogP contribution in [0.25, 0.3) is 0 Å². The van der Waals surface area contributed by atoms with E-state index in [9.17, 15) is 4.79 Å². The summed E-state index contributed by atoms with van der Waals surface area (Å²) in [6.07, 6.45) is 10.4. The highest BCUT2D eigenvalue weighted by atomic mass is 16.5. The molecule has 2 fully saturated rings. The first-order chi connectivity index (χ1) is 10.9. The molecule has 0 N–H and O–H groups in total. The van der Waals surface area contributed by atoms with Crippen molar-refractivity contribution < 1.29 is 9.53 Å². The average Bonchev–Trinajstić information content (AvgIpc) is 3.18. The maximum atomic E-state index is 12.7. The smallest absolute Gasteiger partial charge is 0.222 e. The van der Waals surface area contributed by atoms with Gasteiger partial charge in [-0.1, -0.05) is 13.8 Å². The van der Waals surface area contributed by atoms with Gasteiger partial charge in [0.25, 0.3) is 0 Å². The summed E-state index contributed by atoms with van der Waals surface area (Å²) >= 11 is 0. The van der Waals surface area contributed by atoms with Crippen LogP contribution in [0, 0.1) is 23.7 Å². The van der Waals surface area contributed by atoms with Crippen molar-refractivity contribution in [3.8, 4) is 12.3 Å². The molecular formula is C18H27N3O2. The SMILES string of the molecule is C#CCCC1(CCC(=O)N2C[C@H]3CCO[C@H]3CC(C)(C)C2)N=N1. The van der Waals surface area contributed by atoms with Crippen LogP contribution >= 0.6 is 0 Å². The second kappa shape index (κ2) is 6.24. The lowest BCUT2D eigenvalue weighted by Gasteiger charge is -2.30. The van der Waals surface area contributed by atoms with Gasteiger partial charge in [0.2, 0.25) is 5.91 Å². The molecule has 23 heavy (non-hydrogen) atoms. The summed E-state index contributed by atoms with van der Waals surface area (Å²) in [5.41, 5.74) is -0.253. The van der Waals surface area contributed by atoms with Crippen LogP contribution < -0.4 is 0 Å². The molecule has 0 radical (unpaired) electrons. The zero-order valence-corrected chi connectivity index (χ0v) is 14.3. The molecule has 0 aromatic rings. The van der Waals surface area contributed by atoms with Crippen LogP contribution in [0.4, 0.5) is 0 Å². The highest BCUT2D eigenvalue weighted by molar-refractivity contribution is 5.76. The molecule has 0 aliphatic carbocycles. The van der Waals surface area contributed by atoms with Crippen molar-refractivity contribution in [3.05, 3.63) is 0 Å². The molecule has 2 saturated heterocycles. The van der Waals surface area contributed by atoms with Gasteiger partial charge < -0.3 is 9.64 Å². The lowest BCUT2D eigenvalue weighted by Crippen LogP contribution is -2.39. The largest absolute Gasteiger partial charge is 0.378 e. The number of nitrogens with zero attached hydrogens (tertiary/aromatic N) is 3. The standard InChI is InChI=1S/C18H27N3O2/c1-4-5-8-18(19-20-18)9-6-16(22)21-12-14-7-10-23-15(14)11-17(2,3)13-21/h1,14-15H,5-13H2,2-3H3/t14-,15+/m1/s1. The summed E-state index contributed by atoms with van der Waals surface area (Å²) in [6, 6.07) is 0. The van der Waals surface area contributed by atoms with E-state index < -0.39 is 0 Å². The Balaban J connectivity index is 1.57. The van der Waals surface area contributed by atoms with Gasteiger partial charge in [0, 0.05) is 51.3 Å². The third-order valence-corrected chi connectivity index (χ3v) is 5.32. The summed E-state index contributed by atoms with van der Waals surface area (Å²) in [6.45, 7) is 6.95. The van der Waals surface area contributed by atoms with Crippen molar-refractivity contribution in [2.24, 2.45) is 21.6 Å². The van der Waals surface area contributed by atoms with Crippen LogP contribution in [0.3, 0.4) is 0 Å². The van der Waals surface area contributed by atoms with Crippen molar-refractivity contribution in [1.82, 2.24) is 4.90 Å². The molecule has 5 nitrogen and oxygen atoms in total. The Morgan fingerprint density at radius 2 is 2.17 bits per heavy atom. The second-order valence-corrected chi connectivity index (χ2v) is 7.99. The Bertz CT molecular complexity index is 529.